The fourth-order valence-electron chi connectivity index (χ4n) is 2.62. The fourth-order valence-corrected chi connectivity index (χ4v) is 2.62. The molecule has 2 fully saturated rings. The van der Waals surface area contributed by atoms with Crippen molar-refractivity contribution in [2.75, 3.05) is 31.2 Å². The second kappa shape index (κ2) is 5.21. The number of morpholine rings is 1. The van der Waals surface area contributed by atoms with Gasteiger partial charge in [0.1, 0.15) is 0 Å². The third kappa shape index (κ3) is 2.89. The van der Waals surface area contributed by atoms with Crippen LogP contribution in [0.4, 0.5) is 5.69 Å². The highest BCUT2D eigenvalue weighted by Crippen LogP contribution is 2.34. The maximum absolute atomic E-state index is 11.6. The van der Waals surface area contributed by atoms with Crippen molar-refractivity contribution in [1.29, 1.82) is 0 Å². The van der Waals surface area contributed by atoms with E-state index in [1.165, 1.54) is 12.8 Å². The molecule has 2 aliphatic rings. The number of primary amides is 1. The lowest BCUT2D eigenvalue weighted by Gasteiger charge is -2.29. The third-order valence-electron chi connectivity index (χ3n) is 3.94. The second-order valence-electron chi connectivity index (χ2n) is 5.45. The molecular formula is C15H20N2O2. The number of nitrogens with two attached hydrogens (primary N) is 1. The molecule has 2 N–H and O–H groups in total. The van der Waals surface area contributed by atoms with Crippen LogP contribution in [-0.2, 0) is 11.2 Å². The molecule has 0 bridgehead atoms. The normalized spacial score (nSPS) is 19.5. The lowest BCUT2D eigenvalue weighted by molar-refractivity contribution is 0.0999. The van der Waals surface area contributed by atoms with Gasteiger partial charge in [0.05, 0.1) is 13.2 Å². The van der Waals surface area contributed by atoms with Crippen LogP contribution in [0.15, 0.2) is 18.2 Å². The first-order chi connectivity index (χ1) is 9.24. The molecule has 0 unspecified atom stereocenters. The molecule has 3 rings (SSSR count). The summed E-state index contributed by atoms with van der Waals surface area (Å²) in [7, 11) is 0. The fraction of sp³-hybridized carbons (Fsp3) is 0.533. The summed E-state index contributed by atoms with van der Waals surface area (Å²) in [6.07, 6.45) is 3.55. The van der Waals surface area contributed by atoms with Crippen LogP contribution in [0.5, 0.6) is 0 Å². The molecule has 1 heterocycles. The molecule has 1 aromatic rings. The predicted molar refractivity (Wildman–Crippen MR) is 74.4 cm³/mol. The first-order valence-corrected chi connectivity index (χ1v) is 6.99. The van der Waals surface area contributed by atoms with E-state index in [9.17, 15) is 4.79 Å². The molecule has 1 saturated carbocycles. The van der Waals surface area contributed by atoms with Gasteiger partial charge in [0, 0.05) is 24.3 Å². The number of anilines is 1. The van der Waals surface area contributed by atoms with E-state index in [0.717, 1.165) is 49.9 Å². The SMILES string of the molecule is NC(=O)c1cc(N2CCOCC2)ccc1CC1CC1. The maximum atomic E-state index is 11.6. The Kier molecular flexibility index (Phi) is 3.42. The van der Waals surface area contributed by atoms with Gasteiger partial charge in [-0.3, -0.25) is 4.79 Å². The Bertz CT molecular complexity index is 477. The van der Waals surface area contributed by atoms with Gasteiger partial charge in [-0.05, 0) is 42.9 Å². The molecular weight excluding hydrogens is 240 g/mol. The minimum absolute atomic E-state index is 0.314. The van der Waals surface area contributed by atoms with Crippen LogP contribution >= 0.6 is 0 Å². The van der Waals surface area contributed by atoms with Gasteiger partial charge < -0.3 is 15.4 Å². The zero-order valence-electron chi connectivity index (χ0n) is 11.1. The van der Waals surface area contributed by atoms with E-state index in [2.05, 4.69) is 17.0 Å². The van der Waals surface area contributed by atoms with E-state index in [0.29, 0.717) is 5.56 Å². The Labute approximate surface area is 113 Å². The Morgan fingerprint density at radius 1 is 1.32 bits per heavy atom. The summed E-state index contributed by atoms with van der Waals surface area (Å²) in [6.45, 7) is 3.24. The van der Waals surface area contributed by atoms with Crippen molar-refractivity contribution < 1.29 is 9.53 Å². The van der Waals surface area contributed by atoms with Gasteiger partial charge in [-0.25, -0.2) is 0 Å². The van der Waals surface area contributed by atoms with E-state index in [1.54, 1.807) is 0 Å². The van der Waals surface area contributed by atoms with Crippen molar-refractivity contribution >= 4 is 11.6 Å². The average Bonchev–Trinajstić information content (AvgIpc) is 3.24. The maximum Gasteiger partial charge on any atom is 0.249 e. The van der Waals surface area contributed by atoms with E-state index in [-0.39, 0.29) is 5.91 Å². The Balaban J connectivity index is 1.85. The number of carbonyl (C=O) groups excluding carboxylic acids is 1. The van der Waals surface area contributed by atoms with Crippen molar-refractivity contribution in [2.45, 2.75) is 19.3 Å². The summed E-state index contributed by atoms with van der Waals surface area (Å²) in [5, 5.41) is 0. The number of rotatable bonds is 4. The Hall–Kier alpha value is -1.55. The number of benzene rings is 1. The minimum atomic E-state index is -0.314. The molecule has 1 amide bonds. The second-order valence-corrected chi connectivity index (χ2v) is 5.45. The summed E-state index contributed by atoms with van der Waals surface area (Å²) >= 11 is 0. The molecule has 1 aliphatic carbocycles. The third-order valence-corrected chi connectivity index (χ3v) is 3.94. The van der Waals surface area contributed by atoms with E-state index < -0.39 is 0 Å². The highest BCUT2D eigenvalue weighted by atomic mass is 16.5. The van der Waals surface area contributed by atoms with Crippen LogP contribution in [0.3, 0.4) is 0 Å². The summed E-state index contributed by atoms with van der Waals surface area (Å²) < 4.78 is 5.35. The van der Waals surface area contributed by atoms with Crippen molar-refractivity contribution in [3.63, 3.8) is 0 Å². The molecule has 19 heavy (non-hydrogen) atoms. The molecule has 102 valence electrons. The number of nitrogens with zero attached hydrogens (tertiary/aromatic N) is 1. The van der Waals surface area contributed by atoms with Crippen LogP contribution in [0, 0.1) is 5.92 Å². The quantitative estimate of drug-likeness (QED) is 0.894. The standard InChI is InChI=1S/C15H20N2O2/c16-15(18)14-10-13(17-5-7-19-8-6-17)4-3-12(14)9-11-1-2-11/h3-4,10-11H,1-2,5-9H2,(H2,16,18). The Morgan fingerprint density at radius 2 is 2.05 bits per heavy atom. The molecule has 0 aromatic heterocycles. The molecule has 0 atom stereocenters. The molecule has 1 aliphatic heterocycles. The van der Waals surface area contributed by atoms with Crippen molar-refractivity contribution in [3.8, 4) is 0 Å². The number of ether oxygens (including phenoxy) is 1. The number of hydrogen-bond acceptors (Lipinski definition) is 3. The van der Waals surface area contributed by atoms with Gasteiger partial charge in [0.15, 0.2) is 0 Å². The van der Waals surface area contributed by atoms with Crippen LogP contribution in [0.25, 0.3) is 0 Å². The Morgan fingerprint density at radius 3 is 2.68 bits per heavy atom. The zero-order chi connectivity index (χ0) is 13.2. The highest BCUT2D eigenvalue weighted by Gasteiger charge is 2.24. The number of carbonyl (C=O) groups is 1. The van der Waals surface area contributed by atoms with Gasteiger partial charge >= 0.3 is 0 Å². The molecule has 1 saturated heterocycles. The van der Waals surface area contributed by atoms with E-state index in [1.807, 2.05) is 6.07 Å². The lowest BCUT2D eigenvalue weighted by Crippen LogP contribution is -2.36. The van der Waals surface area contributed by atoms with Crippen molar-refractivity contribution in [3.05, 3.63) is 29.3 Å². The number of amides is 1. The van der Waals surface area contributed by atoms with Crippen LogP contribution < -0.4 is 10.6 Å². The largest absolute Gasteiger partial charge is 0.378 e. The first-order valence-electron chi connectivity index (χ1n) is 6.99. The first kappa shape index (κ1) is 12.5. The smallest absolute Gasteiger partial charge is 0.249 e. The van der Waals surface area contributed by atoms with E-state index in [4.69, 9.17) is 10.5 Å². The van der Waals surface area contributed by atoms with Gasteiger partial charge in [-0.15, -0.1) is 0 Å². The van der Waals surface area contributed by atoms with Gasteiger partial charge in [0.2, 0.25) is 5.91 Å². The summed E-state index contributed by atoms with van der Waals surface area (Å²) in [5.74, 6) is 0.443. The lowest BCUT2D eigenvalue weighted by atomic mass is 10.0. The molecule has 0 radical (unpaired) electrons. The zero-order valence-corrected chi connectivity index (χ0v) is 11.1. The summed E-state index contributed by atoms with van der Waals surface area (Å²) in [4.78, 5) is 13.9. The molecule has 4 heteroatoms. The van der Waals surface area contributed by atoms with E-state index >= 15 is 0 Å². The van der Waals surface area contributed by atoms with Gasteiger partial charge in [-0.1, -0.05) is 6.07 Å². The van der Waals surface area contributed by atoms with Gasteiger partial charge in [0.25, 0.3) is 0 Å². The molecule has 4 nitrogen and oxygen atoms in total. The van der Waals surface area contributed by atoms with Crippen LogP contribution in [0.2, 0.25) is 0 Å². The molecule has 0 spiro atoms. The average molecular weight is 260 g/mol. The predicted octanol–water partition coefficient (Wildman–Crippen LogP) is 1.57. The summed E-state index contributed by atoms with van der Waals surface area (Å²) in [5.41, 5.74) is 8.40. The monoisotopic (exact) mass is 260 g/mol. The van der Waals surface area contributed by atoms with Crippen LogP contribution in [0.1, 0.15) is 28.8 Å². The molecule has 1 aromatic carbocycles. The van der Waals surface area contributed by atoms with Crippen LogP contribution in [-0.4, -0.2) is 32.2 Å². The number of hydrogen-bond donors (Lipinski definition) is 1. The summed E-state index contributed by atoms with van der Waals surface area (Å²) in [6, 6.07) is 6.13. The van der Waals surface area contributed by atoms with Crippen molar-refractivity contribution in [2.24, 2.45) is 11.7 Å². The topological polar surface area (TPSA) is 55.6 Å². The van der Waals surface area contributed by atoms with Crippen molar-refractivity contribution in [1.82, 2.24) is 0 Å². The minimum Gasteiger partial charge on any atom is -0.378 e. The van der Waals surface area contributed by atoms with Gasteiger partial charge in [-0.2, -0.15) is 0 Å². The highest BCUT2D eigenvalue weighted by molar-refractivity contribution is 5.95.